The summed E-state index contributed by atoms with van der Waals surface area (Å²) >= 11 is 0. The monoisotopic (exact) mass is 272 g/mol. The van der Waals surface area contributed by atoms with Crippen molar-refractivity contribution in [2.75, 3.05) is 32.8 Å². The Morgan fingerprint density at radius 1 is 1.32 bits per heavy atom. The van der Waals surface area contributed by atoms with Crippen LogP contribution in [0.3, 0.4) is 0 Å². The van der Waals surface area contributed by atoms with Gasteiger partial charge in [-0.1, -0.05) is 0 Å². The average Bonchev–Trinajstić information content (AvgIpc) is 2.36. The molecule has 1 aliphatic heterocycles. The highest BCUT2D eigenvalue weighted by molar-refractivity contribution is 5.77. The summed E-state index contributed by atoms with van der Waals surface area (Å²) in [5, 5.41) is 0. The fourth-order valence-electron chi connectivity index (χ4n) is 1.97. The molecule has 0 aromatic carbocycles. The molecule has 1 aliphatic rings. The minimum Gasteiger partial charge on any atom is -0.378 e. The predicted molar refractivity (Wildman–Crippen MR) is 74.9 cm³/mol. The highest BCUT2D eigenvalue weighted by Crippen LogP contribution is 2.15. The summed E-state index contributed by atoms with van der Waals surface area (Å²) in [6, 6.07) is 0. The van der Waals surface area contributed by atoms with Gasteiger partial charge in [-0.15, -0.1) is 0 Å². The highest BCUT2D eigenvalue weighted by atomic mass is 16.5. The van der Waals surface area contributed by atoms with Gasteiger partial charge in [0.1, 0.15) is 6.61 Å². The Morgan fingerprint density at radius 3 is 2.47 bits per heavy atom. The molecule has 2 N–H and O–H groups in total. The molecule has 0 aromatic heterocycles. The summed E-state index contributed by atoms with van der Waals surface area (Å²) in [4.78, 5) is 13.8. The lowest BCUT2D eigenvalue weighted by Crippen LogP contribution is -2.43. The van der Waals surface area contributed by atoms with Crippen LogP contribution in [0.2, 0.25) is 0 Å². The van der Waals surface area contributed by atoms with Gasteiger partial charge < -0.3 is 20.1 Å². The van der Waals surface area contributed by atoms with Gasteiger partial charge in [0.25, 0.3) is 0 Å². The van der Waals surface area contributed by atoms with Crippen molar-refractivity contribution in [1.82, 2.24) is 4.90 Å². The van der Waals surface area contributed by atoms with Gasteiger partial charge in [0, 0.05) is 19.7 Å². The van der Waals surface area contributed by atoms with Crippen LogP contribution in [-0.2, 0) is 14.3 Å². The minimum absolute atomic E-state index is 0.0790. The summed E-state index contributed by atoms with van der Waals surface area (Å²) < 4.78 is 11.2. The third-order valence-corrected chi connectivity index (χ3v) is 3.13. The number of nitrogens with two attached hydrogens (primary N) is 1. The molecule has 1 amide bonds. The van der Waals surface area contributed by atoms with E-state index in [-0.39, 0.29) is 24.2 Å². The fourth-order valence-corrected chi connectivity index (χ4v) is 1.97. The molecule has 5 heteroatoms. The Bertz CT molecular complexity index is 268. The standard InChI is InChI=1S/C14H28N2O3/c1-14(2,3)19-11-13(17)16-8-5-12(6-9-16)18-10-4-7-15/h12H,4-11,15H2,1-3H3. The van der Waals surface area contributed by atoms with E-state index < -0.39 is 0 Å². The van der Waals surface area contributed by atoms with Crippen LogP contribution in [-0.4, -0.2) is 55.4 Å². The topological polar surface area (TPSA) is 64.8 Å². The maximum atomic E-state index is 12.0. The van der Waals surface area contributed by atoms with E-state index in [4.69, 9.17) is 15.2 Å². The molecule has 0 saturated carbocycles. The van der Waals surface area contributed by atoms with Gasteiger partial charge in [-0.05, 0) is 46.6 Å². The van der Waals surface area contributed by atoms with E-state index in [1.165, 1.54) is 0 Å². The largest absolute Gasteiger partial charge is 0.378 e. The van der Waals surface area contributed by atoms with Crippen LogP contribution in [0, 0.1) is 0 Å². The first-order valence-corrected chi connectivity index (χ1v) is 7.16. The highest BCUT2D eigenvalue weighted by Gasteiger charge is 2.24. The molecule has 19 heavy (non-hydrogen) atoms. The summed E-state index contributed by atoms with van der Waals surface area (Å²) in [5.74, 6) is 0.0790. The molecule has 1 saturated heterocycles. The Labute approximate surface area is 116 Å². The van der Waals surface area contributed by atoms with Crippen LogP contribution in [0.15, 0.2) is 0 Å². The molecule has 0 spiro atoms. The van der Waals surface area contributed by atoms with Crippen molar-refractivity contribution in [3.8, 4) is 0 Å². The molecule has 112 valence electrons. The molecule has 0 aliphatic carbocycles. The van der Waals surface area contributed by atoms with E-state index in [9.17, 15) is 4.79 Å². The first-order valence-electron chi connectivity index (χ1n) is 7.16. The van der Waals surface area contributed by atoms with Crippen LogP contribution in [0.1, 0.15) is 40.0 Å². The van der Waals surface area contributed by atoms with Crippen molar-refractivity contribution in [2.24, 2.45) is 5.73 Å². The van der Waals surface area contributed by atoms with Gasteiger partial charge in [-0.25, -0.2) is 0 Å². The maximum absolute atomic E-state index is 12.0. The summed E-state index contributed by atoms with van der Waals surface area (Å²) in [5.41, 5.74) is 5.16. The number of ether oxygens (including phenoxy) is 2. The molecular weight excluding hydrogens is 244 g/mol. The summed E-state index contributed by atoms with van der Waals surface area (Å²) in [6.45, 7) is 8.96. The number of piperidine rings is 1. The first kappa shape index (κ1) is 16.4. The number of rotatable bonds is 6. The predicted octanol–water partition coefficient (Wildman–Crippen LogP) is 1.16. The Morgan fingerprint density at radius 2 is 1.95 bits per heavy atom. The Kier molecular flexibility index (Phi) is 6.75. The smallest absolute Gasteiger partial charge is 0.248 e. The Balaban J connectivity index is 2.20. The van der Waals surface area contributed by atoms with E-state index in [0.717, 1.165) is 39.0 Å². The third kappa shape index (κ3) is 6.89. The lowest BCUT2D eigenvalue weighted by atomic mass is 10.1. The molecule has 0 unspecified atom stereocenters. The van der Waals surface area contributed by atoms with Crippen LogP contribution >= 0.6 is 0 Å². The second kappa shape index (κ2) is 7.82. The summed E-state index contributed by atoms with van der Waals surface area (Å²) in [6.07, 6.45) is 3.00. The van der Waals surface area contributed by atoms with Crippen molar-refractivity contribution in [2.45, 2.75) is 51.7 Å². The fraction of sp³-hybridized carbons (Fsp3) is 0.929. The molecule has 1 rings (SSSR count). The van der Waals surface area contributed by atoms with E-state index in [2.05, 4.69) is 0 Å². The van der Waals surface area contributed by atoms with Crippen molar-refractivity contribution in [1.29, 1.82) is 0 Å². The SMILES string of the molecule is CC(C)(C)OCC(=O)N1CCC(OCCCN)CC1. The van der Waals surface area contributed by atoms with Gasteiger partial charge in [0.05, 0.1) is 11.7 Å². The van der Waals surface area contributed by atoms with Crippen molar-refractivity contribution in [3.05, 3.63) is 0 Å². The molecule has 1 fully saturated rings. The average molecular weight is 272 g/mol. The number of nitrogens with zero attached hydrogens (tertiary/aromatic N) is 1. The summed E-state index contributed by atoms with van der Waals surface area (Å²) in [7, 11) is 0. The second-order valence-corrected chi connectivity index (χ2v) is 5.99. The molecule has 0 bridgehead atoms. The van der Waals surface area contributed by atoms with E-state index in [1.807, 2.05) is 25.7 Å². The van der Waals surface area contributed by atoms with E-state index >= 15 is 0 Å². The molecular formula is C14H28N2O3. The van der Waals surface area contributed by atoms with Gasteiger partial charge in [-0.3, -0.25) is 4.79 Å². The van der Waals surface area contributed by atoms with Crippen molar-refractivity contribution < 1.29 is 14.3 Å². The Hall–Kier alpha value is -0.650. The van der Waals surface area contributed by atoms with E-state index in [0.29, 0.717) is 6.54 Å². The second-order valence-electron chi connectivity index (χ2n) is 5.99. The van der Waals surface area contributed by atoms with Gasteiger partial charge in [0.15, 0.2) is 0 Å². The zero-order chi connectivity index (χ0) is 14.3. The van der Waals surface area contributed by atoms with Crippen molar-refractivity contribution >= 4 is 5.91 Å². The van der Waals surface area contributed by atoms with Crippen LogP contribution in [0.4, 0.5) is 0 Å². The lowest BCUT2D eigenvalue weighted by Gasteiger charge is -2.32. The minimum atomic E-state index is -0.265. The first-order chi connectivity index (χ1) is 8.92. The van der Waals surface area contributed by atoms with Crippen LogP contribution < -0.4 is 5.73 Å². The van der Waals surface area contributed by atoms with Gasteiger partial charge in [0.2, 0.25) is 5.91 Å². The lowest BCUT2D eigenvalue weighted by molar-refractivity contribution is -0.143. The molecule has 0 aromatic rings. The molecule has 0 atom stereocenters. The van der Waals surface area contributed by atoms with Crippen LogP contribution in [0.25, 0.3) is 0 Å². The maximum Gasteiger partial charge on any atom is 0.248 e. The number of carbonyl (C=O) groups is 1. The van der Waals surface area contributed by atoms with Crippen LogP contribution in [0.5, 0.6) is 0 Å². The molecule has 1 heterocycles. The van der Waals surface area contributed by atoms with E-state index in [1.54, 1.807) is 0 Å². The normalized spacial score (nSPS) is 17.8. The zero-order valence-electron chi connectivity index (χ0n) is 12.5. The number of hydrogen-bond donors (Lipinski definition) is 1. The number of amides is 1. The molecule has 0 radical (unpaired) electrons. The molecule has 5 nitrogen and oxygen atoms in total. The van der Waals surface area contributed by atoms with Crippen molar-refractivity contribution in [3.63, 3.8) is 0 Å². The number of carbonyl (C=O) groups excluding carboxylic acids is 1. The number of hydrogen-bond acceptors (Lipinski definition) is 4. The third-order valence-electron chi connectivity index (χ3n) is 3.13. The number of likely N-dealkylation sites (tertiary alicyclic amines) is 1. The van der Waals surface area contributed by atoms with Gasteiger partial charge in [-0.2, -0.15) is 0 Å². The zero-order valence-corrected chi connectivity index (χ0v) is 12.5. The van der Waals surface area contributed by atoms with Gasteiger partial charge >= 0.3 is 0 Å². The quantitative estimate of drug-likeness (QED) is 0.737.